The maximum Gasteiger partial charge on any atom is 0.144 e. The van der Waals surface area contributed by atoms with Crippen molar-refractivity contribution in [1.82, 2.24) is 10.6 Å². The van der Waals surface area contributed by atoms with E-state index in [1.807, 2.05) is 6.07 Å². The molecule has 22 heavy (non-hydrogen) atoms. The Hall–Kier alpha value is -1.13. The number of hydrogen-bond acceptors (Lipinski definition) is 4. The summed E-state index contributed by atoms with van der Waals surface area (Å²) >= 11 is 0. The normalized spacial score (nSPS) is 28.7. The molecular formula is C18H28N2O2. The summed E-state index contributed by atoms with van der Waals surface area (Å²) in [6, 6.07) is 1.65. The van der Waals surface area contributed by atoms with E-state index in [1.165, 1.54) is 32.1 Å². The van der Waals surface area contributed by atoms with Crippen molar-refractivity contribution in [2.45, 2.75) is 44.6 Å². The minimum absolute atomic E-state index is 0.334. The van der Waals surface area contributed by atoms with Crippen molar-refractivity contribution in [2.75, 3.05) is 20.1 Å². The summed E-state index contributed by atoms with van der Waals surface area (Å²) in [5.41, 5.74) is 1.13. The number of fused-ring (bicyclic) bond motifs is 2. The van der Waals surface area contributed by atoms with E-state index < -0.39 is 0 Å². The van der Waals surface area contributed by atoms with E-state index in [2.05, 4.69) is 10.6 Å². The number of hydrogen-bond donors (Lipinski definition) is 2. The first kappa shape index (κ1) is 15.8. The molecule has 4 nitrogen and oxygen atoms in total. The first-order chi connectivity index (χ1) is 10.8. The molecule has 2 aliphatic rings. The first-order valence-corrected chi connectivity index (χ1v) is 8.71. The minimum Gasteiger partial charge on any atom is -0.467 e. The van der Waals surface area contributed by atoms with Crippen LogP contribution in [0.3, 0.4) is 0 Å². The lowest BCUT2D eigenvalue weighted by molar-refractivity contribution is -0.109. The Labute approximate surface area is 133 Å². The molecule has 4 heteroatoms. The number of furan rings is 1. The van der Waals surface area contributed by atoms with Crippen molar-refractivity contribution in [1.29, 1.82) is 0 Å². The number of nitrogens with one attached hydrogen (secondary N) is 2. The summed E-state index contributed by atoms with van der Waals surface area (Å²) in [4.78, 5) is 11.1. The molecule has 2 N–H and O–H groups in total. The lowest BCUT2D eigenvalue weighted by atomic mass is 9.87. The molecule has 0 aromatic carbocycles. The van der Waals surface area contributed by atoms with Gasteiger partial charge < -0.3 is 19.8 Å². The summed E-state index contributed by atoms with van der Waals surface area (Å²) in [7, 11) is 1.78. The van der Waals surface area contributed by atoms with Crippen molar-refractivity contribution in [3.8, 4) is 0 Å². The van der Waals surface area contributed by atoms with Crippen LogP contribution < -0.4 is 10.6 Å². The molecule has 122 valence electrons. The van der Waals surface area contributed by atoms with Gasteiger partial charge in [0.25, 0.3) is 0 Å². The van der Waals surface area contributed by atoms with Gasteiger partial charge in [-0.15, -0.1) is 0 Å². The summed E-state index contributed by atoms with van der Waals surface area (Å²) in [6.45, 7) is 2.10. The lowest BCUT2D eigenvalue weighted by Crippen LogP contribution is -2.27. The van der Waals surface area contributed by atoms with Gasteiger partial charge in [0.15, 0.2) is 0 Å². The van der Waals surface area contributed by atoms with Crippen LogP contribution in [0.5, 0.6) is 0 Å². The molecule has 1 heterocycles. The van der Waals surface area contributed by atoms with Gasteiger partial charge in [-0.25, -0.2) is 0 Å². The number of carbonyl (C=O) groups is 1. The molecule has 2 aliphatic carbocycles. The number of likely N-dealkylation sites (N-methyl/N-ethyl adjacent to an activating group) is 1. The zero-order valence-corrected chi connectivity index (χ0v) is 13.5. The van der Waals surface area contributed by atoms with Gasteiger partial charge in [-0.05, 0) is 68.8 Å². The number of carbonyl (C=O) groups excluding carboxylic acids is 1. The van der Waals surface area contributed by atoms with Gasteiger partial charge in [-0.3, -0.25) is 0 Å². The number of aldehydes is 1. The van der Waals surface area contributed by atoms with Gasteiger partial charge in [0.05, 0.1) is 6.26 Å². The average Bonchev–Trinajstić information content (AvgIpc) is 3.10. The Morgan fingerprint density at radius 2 is 2.32 bits per heavy atom. The summed E-state index contributed by atoms with van der Waals surface area (Å²) in [5.74, 6) is 3.63. The third kappa shape index (κ3) is 3.44. The van der Waals surface area contributed by atoms with E-state index in [9.17, 15) is 4.79 Å². The van der Waals surface area contributed by atoms with Crippen LogP contribution in [-0.4, -0.2) is 26.4 Å². The van der Waals surface area contributed by atoms with Crippen LogP contribution in [0.4, 0.5) is 0 Å². The molecule has 2 fully saturated rings. The van der Waals surface area contributed by atoms with Crippen molar-refractivity contribution >= 4 is 6.29 Å². The highest BCUT2D eigenvalue weighted by Crippen LogP contribution is 2.45. The molecule has 0 amide bonds. The molecule has 3 rings (SSSR count). The Bertz CT molecular complexity index is 485. The van der Waals surface area contributed by atoms with Gasteiger partial charge in [-0.2, -0.15) is 0 Å². The fraction of sp³-hybridized carbons (Fsp3) is 0.722. The molecule has 1 aromatic heterocycles. The molecule has 2 bridgehead atoms. The minimum atomic E-state index is -0.334. The van der Waals surface area contributed by atoms with Crippen LogP contribution in [0, 0.1) is 17.8 Å². The maximum absolute atomic E-state index is 11.1. The van der Waals surface area contributed by atoms with Gasteiger partial charge in [-0.1, -0.05) is 19.3 Å². The second kappa shape index (κ2) is 7.42. The molecule has 0 saturated heterocycles. The van der Waals surface area contributed by atoms with Crippen LogP contribution >= 0.6 is 0 Å². The molecule has 0 aliphatic heterocycles. The zero-order valence-electron chi connectivity index (χ0n) is 13.5. The fourth-order valence-corrected chi connectivity index (χ4v) is 4.44. The molecule has 4 atom stereocenters. The van der Waals surface area contributed by atoms with Crippen LogP contribution in [-0.2, 0) is 11.2 Å². The fourth-order valence-electron chi connectivity index (χ4n) is 4.44. The van der Waals surface area contributed by atoms with Crippen molar-refractivity contribution in [3.63, 3.8) is 0 Å². The summed E-state index contributed by atoms with van der Waals surface area (Å²) in [5, 5.41) is 6.60. The molecular weight excluding hydrogens is 276 g/mol. The van der Waals surface area contributed by atoms with Gasteiger partial charge >= 0.3 is 0 Å². The van der Waals surface area contributed by atoms with Gasteiger partial charge in [0.1, 0.15) is 18.1 Å². The Morgan fingerprint density at radius 1 is 1.41 bits per heavy atom. The largest absolute Gasteiger partial charge is 0.467 e. The molecule has 0 spiro atoms. The standard InChI is InChI=1S/C18H28N2O2/c1-19-17(12-21)18-14(6-8-22-18)5-7-20-11-16-10-13-3-2-4-15(16)9-13/h6,8,12-13,15-17,19-20H,2-5,7,9-11H2,1H3. The van der Waals surface area contributed by atoms with Crippen molar-refractivity contribution in [2.24, 2.45) is 17.8 Å². The van der Waals surface area contributed by atoms with Gasteiger partial charge in [0, 0.05) is 0 Å². The highest BCUT2D eigenvalue weighted by molar-refractivity contribution is 5.60. The molecule has 1 aromatic rings. The Balaban J connectivity index is 1.44. The van der Waals surface area contributed by atoms with Crippen LogP contribution in [0.2, 0.25) is 0 Å². The summed E-state index contributed by atoms with van der Waals surface area (Å²) < 4.78 is 5.47. The highest BCUT2D eigenvalue weighted by atomic mass is 16.3. The molecule has 2 saturated carbocycles. The maximum atomic E-state index is 11.1. The first-order valence-electron chi connectivity index (χ1n) is 8.71. The topological polar surface area (TPSA) is 54.3 Å². The summed E-state index contributed by atoms with van der Waals surface area (Å²) in [6.07, 6.45) is 10.7. The van der Waals surface area contributed by atoms with Gasteiger partial charge in [0.2, 0.25) is 0 Å². The van der Waals surface area contributed by atoms with Crippen molar-refractivity contribution < 1.29 is 9.21 Å². The smallest absolute Gasteiger partial charge is 0.144 e. The van der Waals surface area contributed by atoms with Crippen molar-refractivity contribution in [3.05, 3.63) is 23.7 Å². The van der Waals surface area contributed by atoms with E-state index in [0.29, 0.717) is 0 Å². The molecule has 4 unspecified atom stereocenters. The number of rotatable bonds is 8. The van der Waals surface area contributed by atoms with Crippen LogP contribution in [0.1, 0.15) is 49.5 Å². The van der Waals surface area contributed by atoms with E-state index >= 15 is 0 Å². The predicted octanol–water partition coefficient (Wildman–Crippen LogP) is 2.70. The van der Waals surface area contributed by atoms with E-state index in [0.717, 1.165) is 54.9 Å². The third-order valence-corrected chi connectivity index (χ3v) is 5.61. The van der Waals surface area contributed by atoms with E-state index in [4.69, 9.17) is 4.42 Å². The quantitative estimate of drug-likeness (QED) is 0.573. The molecule has 0 radical (unpaired) electrons. The van der Waals surface area contributed by atoms with Crippen LogP contribution in [0.15, 0.2) is 16.7 Å². The monoisotopic (exact) mass is 304 g/mol. The third-order valence-electron chi connectivity index (χ3n) is 5.61. The Kier molecular flexibility index (Phi) is 5.32. The lowest BCUT2D eigenvalue weighted by Gasteiger charge is -2.21. The predicted molar refractivity (Wildman–Crippen MR) is 86.7 cm³/mol. The van der Waals surface area contributed by atoms with E-state index in [1.54, 1.807) is 13.3 Å². The SMILES string of the molecule is CNC(C=O)c1occc1CCNCC1CC2CCCC1C2. The average molecular weight is 304 g/mol. The highest BCUT2D eigenvalue weighted by Gasteiger charge is 2.36. The zero-order chi connectivity index (χ0) is 15.4. The van der Waals surface area contributed by atoms with Crippen LogP contribution in [0.25, 0.3) is 0 Å². The Morgan fingerprint density at radius 3 is 3.09 bits per heavy atom. The van der Waals surface area contributed by atoms with E-state index in [-0.39, 0.29) is 6.04 Å². The second-order valence-electron chi connectivity index (χ2n) is 6.96. The second-order valence-corrected chi connectivity index (χ2v) is 6.96.